The first kappa shape index (κ1) is 7.53. The molecule has 1 unspecified atom stereocenters. The molecule has 0 aromatic heterocycles. The molecular formula is C9H12O3Se. The van der Waals surface area contributed by atoms with Gasteiger partial charge in [-0.3, -0.25) is 0 Å². The normalized spacial score (nSPS) is 18.3. The minimum atomic E-state index is -4.83. The summed E-state index contributed by atoms with van der Waals surface area (Å²) in [5, 5.41) is -2.24. The Bertz CT molecular complexity index is 449. The Morgan fingerprint density at radius 1 is 1.62 bits per heavy atom. The fraction of sp³-hybridized carbons (Fsp3) is 0.333. The number of para-hydroxylation sites is 1. The third-order valence-electron chi connectivity index (χ3n) is 1.63. The molecule has 1 atom stereocenters. The maximum absolute atomic E-state index is 11.9. The molecule has 72 valence electrons. The van der Waals surface area contributed by atoms with Gasteiger partial charge in [-0.15, -0.1) is 0 Å². The topological polar surface area (TPSA) is 43.4 Å². The molecule has 0 fully saturated rings. The molecule has 13 heavy (non-hydrogen) atoms. The van der Waals surface area contributed by atoms with E-state index < -0.39 is 18.0 Å². The SMILES string of the molecule is [1H][13C]([2H])(C)[Se](=O)(=O)c1ccccc1OC. The van der Waals surface area contributed by atoms with Crippen LogP contribution < -0.4 is 9.20 Å². The molecule has 1 aromatic carbocycles. The predicted octanol–water partition coefficient (Wildman–Crippen LogP) is 1.23. The molecule has 0 aliphatic rings. The third-order valence-corrected chi connectivity index (χ3v) is 4.68. The summed E-state index contributed by atoms with van der Waals surface area (Å²) in [5.41, 5.74) is 0. The van der Waals surface area contributed by atoms with Crippen molar-refractivity contribution in [3.63, 3.8) is 0 Å². The Labute approximate surface area is 82.2 Å². The first-order chi connectivity index (χ1) is 6.80. The van der Waals surface area contributed by atoms with Crippen LogP contribution in [0, 0.1) is 0 Å². The van der Waals surface area contributed by atoms with Gasteiger partial charge in [-0.05, 0) is 0 Å². The van der Waals surface area contributed by atoms with Crippen molar-refractivity contribution < 1.29 is 15.1 Å². The van der Waals surface area contributed by atoms with Gasteiger partial charge in [0.15, 0.2) is 0 Å². The average Bonchev–Trinajstić information content (AvgIpc) is 2.16. The summed E-state index contributed by atoms with van der Waals surface area (Å²) in [6, 6.07) is 6.05. The quantitative estimate of drug-likeness (QED) is 0.597. The molecular weight excluding hydrogens is 236 g/mol. The second-order valence-electron chi connectivity index (χ2n) is 2.36. The van der Waals surface area contributed by atoms with E-state index in [9.17, 15) is 7.67 Å². The molecule has 0 bridgehead atoms. The zero-order chi connectivity index (χ0) is 11.7. The van der Waals surface area contributed by atoms with Crippen LogP contribution in [0.1, 0.15) is 9.67 Å². The van der Waals surface area contributed by atoms with Crippen molar-refractivity contribution in [3.8, 4) is 5.75 Å². The van der Waals surface area contributed by atoms with Crippen molar-refractivity contribution in [1.82, 2.24) is 0 Å². The Morgan fingerprint density at radius 3 is 2.77 bits per heavy atom. The molecule has 0 N–H and O–H groups in total. The molecule has 0 saturated carbocycles. The van der Waals surface area contributed by atoms with E-state index in [1.54, 1.807) is 12.1 Å². The van der Waals surface area contributed by atoms with Gasteiger partial charge in [-0.25, -0.2) is 0 Å². The van der Waals surface area contributed by atoms with Crippen LogP contribution in [0.3, 0.4) is 0 Å². The Hall–Kier alpha value is -0.861. The average molecular weight is 249 g/mol. The second-order valence-corrected chi connectivity index (χ2v) is 6.25. The molecule has 0 heterocycles. The summed E-state index contributed by atoms with van der Waals surface area (Å²) in [6.07, 6.45) is 0. The predicted molar refractivity (Wildman–Crippen MR) is 50.2 cm³/mol. The van der Waals surface area contributed by atoms with Crippen LogP contribution in [0.15, 0.2) is 24.3 Å². The molecule has 0 amide bonds. The first-order valence-corrected chi connectivity index (χ1v) is 6.79. The number of rotatable bonds is 3. The molecule has 0 spiro atoms. The van der Waals surface area contributed by atoms with Crippen molar-refractivity contribution in [2.75, 3.05) is 7.11 Å². The van der Waals surface area contributed by atoms with Gasteiger partial charge in [0.2, 0.25) is 0 Å². The summed E-state index contributed by atoms with van der Waals surface area (Å²) in [4.78, 5) is 0. The number of ether oxygens (including phenoxy) is 1. The van der Waals surface area contributed by atoms with Gasteiger partial charge in [-0.2, -0.15) is 0 Å². The minimum absolute atomic E-state index is 0.0521. The molecule has 0 aliphatic heterocycles. The van der Waals surface area contributed by atoms with Gasteiger partial charge in [0.05, 0.1) is 0 Å². The molecule has 3 nitrogen and oxygen atoms in total. The van der Waals surface area contributed by atoms with Crippen LogP contribution in [0.5, 0.6) is 5.75 Å². The van der Waals surface area contributed by atoms with Crippen LogP contribution in [-0.2, 0) is 7.67 Å². The van der Waals surface area contributed by atoms with Crippen molar-refractivity contribution in [2.24, 2.45) is 0 Å². The zero-order valence-corrected chi connectivity index (χ0v) is 9.16. The Balaban J connectivity index is 3.41. The molecule has 0 radical (unpaired) electrons. The molecule has 0 aliphatic carbocycles. The van der Waals surface area contributed by atoms with Gasteiger partial charge < -0.3 is 0 Å². The summed E-state index contributed by atoms with van der Waals surface area (Å²) in [6.45, 7) is 1.04. The molecule has 0 saturated heterocycles. The van der Waals surface area contributed by atoms with Gasteiger partial charge in [0.25, 0.3) is 0 Å². The van der Waals surface area contributed by atoms with Gasteiger partial charge in [0.1, 0.15) is 0 Å². The van der Waals surface area contributed by atoms with E-state index in [0.29, 0.717) is 0 Å². The van der Waals surface area contributed by atoms with E-state index in [1.165, 1.54) is 19.2 Å². The summed E-state index contributed by atoms with van der Waals surface area (Å²) >= 11 is -4.83. The van der Waals surface area contributed by atoms with Crippen molar-refractivity contribution in [1.29, 1.82) is 0 Å². The maximum atomic E-state index is 11.9. The standard InChI is InChI=1S/C9H12O3Se/c1-3-13(10,11)9-7-5-4-6-8(9)12-2/h4-7H,3H2,1-2H3/i3+1DH. The third kappa shape index (κ3) is 2.08. The monoisotopic (exact) mass is 250 g/mol. The van der Waals surface area contributed by atoms with Crippen LogP contribution in [0.2, 0.25) is 5.27 Å². The van der Waals surface area contributed by atoms with Gasteiger partial charge in [-0.1, -0.05) is 0 Å². The van der Waals surface area contributed by atoms with Crippen LogP contribution in [0.4, 0.5) is 0 Å². The molecule has 1 aromatic rings. The van der Waals surface area contributed by atoms with Crippen LogP contribution in [-0.4, -0.2) is 19.8 Å². The summed E-state index contributed by atoms with van der Waals surface area (Å²) < 4.78 is 43.1. The fourth-order valence-electron chi connectivity index (χ4n) is 0.951. The molecule has 1 rings (SSSR count). The zero-order valence-electron chi connectivity index (χ0n) is 9.44. The van der Waals surface area contributed by atoms with E-state index in [0.717, 1.165) is 6.92 Å². The number of hydrogen-bond acceptors (Lipinski definition) is 3. The van der Waals surface area contributed by atoms with E-state index >= 15 is 0 Å². The second kappa shape index (κ2) is 3.90. The fourth-order valence-corrected chi connectivity index (χ4v) is 2.83. The van der Waals surface area contributed by atoms with Crippen LogP contribution in [0.25, 0.3) is 0 Å². The number of benzene rings is 1. The van der Waals surface area contributed by atoms with E-state index in [2.05, 4.69) is 0 Å². The first-order valence-electron chi connectivity index (χ1n) is 4.68. The van der Waals surface area contributed by atoms with Crippen molar-refractivity contribution in [2.45, 2.75) is 12.2 Å². The van der Waals surface area contributed by atoms with Gasteiger partial charge >= 0.3 is 81.6 Å². The van der Waals surface area contributed by atoms with E-state index in [-0.39, 0.29) is 10.2 Å². The van der Waals surface area contributed by atoms with E-state index in [1.807, 2.05) is 0 Å². The number of methoxy groups -OCH3 is 1. The summed E-state index contributed by atoms with van der Waals surface area (Å²) in [7, 11) is 1.36. The number of hydrogen-bond donors (Lipinski definition) is 0. The van der Waals surface area contributed by atoms with Crippen molar-refractivity contribution in [3.05, 3.63) is 24.3 Å². The van der Waals surface area contributed by atoms with Gasteiger partial charge in [0, 0.05) is 0 Å². The Morgan fingerprint density at radius 2 is 2.23 bits per heavy atom. The molecule has 4 heteroatoms. The van der Waals surface area contributed by atoms with E-state index in [4.69, 9.17) is 7.48 Å². The van der Waals surface area contributed by atoms with Crippen LogP contribution >= 0.6 is 0 Å². The summed E-state index contributed by atoms with van der Waals surface area (Å²) in [5.74, 6) is 0.188. The van der Waals surface area contributed by atoms with Crippen molar-refractivity contribution >= 4 is 17.2 Å². The Kier molecular flexibility index (Phi) is 2.26.